The van der Waals surface area contributed by atoms with Crippen LogP contribution in [-0.2, 0) is 9.53 Å². The van der Waals surface area contributed by atoms with Crippen LogP contribution in [0, 0.1) is 35.5 Å². The predicted octanol–water partition coefficient (Wildman–Crippen LogP) is 5.79. The molecule has 0 amide bonds. The summed E-state index contributed by atoms with van der Waals surface area (Å²) in [6.07, 6.45) is 11.4. The van der Waals surface area contributed by atoms with Gasteiger partial charge in [0.25, 0.3) is 0 Å². The molecule has 0 aromatic heterocycles. The number of rotatable bonds is 6. The molecule has 2 aliphatic carbocycles. The fourth-order valence-electron chi connectivity index (χ4n) is 4.18. The van der Waals surface area contributed by atoms with Gasteiger partial charge in [0, 0.05) is 5.92 Å². The van der Waals surface area contributed by atoms with Crippen LogP contribution in [0.1, 0.15) is 67.2 Å². The zero-order valence-electron chi connectivity index (χ0n) is 16.4. The standard InChI is InChI=1S/C22H36O2/c1-7-16(5)22(23)24-20-13-15(4)12-18-10-9-17(6)19(21(18)20)11-8-14(2)3/h9-10,12,14-17,19-21H,7-8,11,13H2,1-6H3/t15-,16+,17?,19+,20+,21+/m1/s1. The maximum absolute atomic E-state index is 12.4. The van der Waals surface area contributed by atoms with Gasteiger partial charge in [0.2, 0.25) is 0 Å². The molecule has 0 fully saturated rings. The maximum Gasteiger partial charge on any atom is 0.308 e. The van der Waals surface area contributed by atoms with Crippen molar-refractivity contribution < 1.29 is 9.53 Å². The molecule has 0 bridgehead atoms. The lowest BCUT2D eigenvalue weighted by atomic mass is 9.65. The van der Waals surface area contributed by atoms with Crippen LogP contribution < -0.4 is 0 Å². The zero-order valence-corrected chi connectivity index (χ0v) is 16.4. The first-order chi connectivity index (χ1) is 11.3. The van der Waals surface area contributed by atoms with E-state index in [2.05, 4.69) is 52.8 Å². The van der Waals surface area contributed by atoms with Gasteiger partial charge in [-0.2, -0.15) is 0 Å². The number of hydrogen-bond donors (Lipinski definition) is 0. The van der Waals surface area contributed by atoms with Crippen LogP contribution in [0.4, 0.5) is 0 Å². The summed E-state index contributed by atoms with van der Waals surface area (Å²) in [5.41, 5.74) is 1.41. The summed E-state index contributed by atoms with van der Waals surface area (Å²) < 4.78 is 6.06. The van der Waals surface area contributed by atoms with Crippen molar-refractivity contribution >= 4 is 5.97 Å². The van der Waals surface area contributed by atoms with Crippen LogP contribution in [0.15, 0.2) is 23.8 Å². The average molecular weight is 333 g/mol. The summed E-state index contributed by atoms with van der Waals surface area (Å²) in [6, 6.07) is 0. The number of carbonyl (C=O) groups is 1. The van der Waals surface area contributed by atoms with Gasteiger partial charge in [0.05, 0.1) is 5.92 Å². The number of fused-ring (bicyclic) bond motifs is 1. The second-order valence-electron chi connectivity index (χ2n) is 8.54. The van der Waals surface area contributed by atoms with Crippen LogP contribution in [0.2, 0.25) is 0 Å². The van der Waals surface area contributed by atoms with E-state index in [-0.39, 0.29) is 18.0 Å². The highest BCUT2D eigenvalue weighted by Gasteiger charge is 2.41. The third-order valence-corrected chi connectivity index (χ3v) is 5.95. The van der Waals surface area contributed by atoms with E-state index in [0.29, 0.717) is 23.7 Å². The van der Waals surface area contributed by atoms with Crippen molar-refractivity contribution in [3.8, 4) is 0 Å². The molecule has 0 saturated heterocycles. The number of allylic oxidation sites excluding steroid dienone is 3. The van der Waals surface area contributed by atoms with Gasteiger partial charge in [-0.15, -0.1) is 0 Å². The Labute approximate surface area is 148 Å². The maximum atomic E-state index is 12.4. The summed E-state index contributed by atoms with van der Waals surface area (Å²) in [5.74, 6) is 2.72. The molecule has 2 rings (SSSR count). The summed E-state index contributed by atoms with van der Waals surface area (Å²) in [7, 11) is 0. The Hall–Kier alpha value is -1.05. The molecule has 0 spiro atoms. The highest BCUT2D eigenvalue weighted by molar-refractivity contribution is 5.72. The van der Waals surface area contributed by atoms with Gasteiger partial charge < -0.3 is 4.74 Å². The van der Waals surface area contributed by atoms with Gasteiger partial charge in [-0.05, 0) is 48.5 Å². The van der Waals surface area contributed by atoms with Crippen molar-refractivity contribution in [2.24, 2.45) is 35.5 Å². The second-order valence-corrected chi connectivity index (χ2v) is 8.54. The van der Waals surface area contributed by atoms with Crippen LogP contribution in [0.3, 0.4) is 0 Å². The molecule has 0 aromatic carbocycles. The summed E-state index contributed by atoms with van der Waals surface area (Å²) in [5, 5.41) is 0. The number of hydrogen-bond acceptors (Lipinski definition) is 2. The normalized spacial score (nSPS) is 33.8. The molecular formula is C22H36O2. The van der Waals surface area contributed by atoms with E-state index in [0.717, 1.165) is 18.8 Å². The molecule has 2 aliphatic rings. The highest BCUT2D eigenvalue weighted by atomic mass is 16.5. The number of esters is 1. The highest BCUT2D eigenvalue weighted by Crippen LogP contribution is 2.45. The molecule has 136 valence electrons. The fourth-order valence-corrected chi connectivity index (χ4v) is 4.18. The molecule has 1 unspecified atom stereocenters. The lowest BCUT2D eigenvalue weighted by Crippen LogP contribution is -2.41. The van der Waals surface area contributed by atoms with E-state index in [1.165, 1.54) is 18.4 Å². The first kappa shape index (κ1) is 19.3. The summed E-state index contributed by atoms with van der Waals surface area (Å²) in [6.45, 7) is 13.2. The minimum atomic E-state index is -0.0132. The Morgan fingerprint density at radius 3 is 2.62 bits per heavy atom. The van der Waals surface area contributed by atoms with E-state index in [4.69, 9.17) is 4.74 Å². The minimum absolute atomic E-state index is 0.000308. The van der Waals surface area contributed by atoms with Crippen molar-refractivity contribution in [3.63, 3.8) is 0 Å². The second kappa shape index (κ2) is 8.36. The summed E-state index contributed by atoms with van der Waals surface area (Å²) >= 11 is 0. The lowest BCUT2D eigenvalue weighted by Gasteiger charge is -2.43. The number of carbonyl (C=O) groups excluding carboxylic acids is 1. The SMILES string of the molecule is CC[C@H](C)C(=O)O[C@H]1C[C@H](C)C=C2C=CC(C)[C@H](CCC(C)C)[C@H]21. The molecule has 2 heteroatoms. The third-order valence-electron chi connectivity index (χ3n) is 5.95. The lowest BCUT2D eigenvalue weighted by molar-refractivity contribution is -0.158. The zero-order chi connectivity index (χ0) is 17.9. The average Bonchev–Trinajstić information content (AvgIpc) is 2.52. The van der Waals surface area contributed by atoms with Crippen molar-refractivity contribution in [1.82, 2.24) is 0 Å². The summed E-state index contributed by atoms with van der Waals surface area (Å²) in [4.78, 5) is 12.4. The Bertz CT molecular complexity index is 488. The topological polar surface area (TPSA) is 26.3 Å². The molecule has 0 aliphatic heterocycles. The van der Waals surface area contributed by atoms with Gasteiger partial charge in [-0.1, -0.05) is 66.2 Å². The molecule has 0 aromatic rings. The van der Waals surface area contributed by atoms with Crippen molar-refractivity contribution in [2.75, 3.05) is 0 Å². The Morgan fingerprint density at radius 2 is 2.00 bits per heavy atom. The van der Waals surface area contributed by atoms with E-state index >= 15 is 0 Å². The van der Waals surface area contributed by atoms with E-state index < -0.39 is 0 Å². The van der Waals surface area contributed by atoms with E-state index in [1.807, 2.05) is 6.92 Å². The van der Waals surface area contributed by atoms with Gasteiger partial charge in [-0.3, -0.25) is 4.79 Å². The first-order valence-electron chi connectivity index (χ1n) is 9.93. The smallest absolute Gasteiger partial charge is 0.308 e. The monoisotopic (exact) mass is 332 g/mol. The quantitative estimate of drug-likeness (QED) is 0.576. The third kappa shape index (κ3) is 4.52. The van der Waals surface area contributed by atoms with Crippen molar-refractivity contribution in [3.05, 3.63) is 23.8 Å². The molecule has 0 saturated carbocycles. The van der Waals surface area contributed by atoms with Gasteiger partial charge in [-0.25, -0.2) is 0 Å². The first-order valence-corrected chi connectivity index (χ1v) is 9.93. The van der Waals surface area contributed by atoms with Gasteiger partial charge >= 0.3 is 5.97 Å². The van der Waals surface area contributed by atoms with Gasteiger partial charge in [0.15, 0.2) is 0 Å². The Balaban J connectivity index is 2.22. The molecular weight excluding hydrogens is 296 g/mol. The fraction of sp³-hybridized carbons (Fsp3) is 0.773. The molecule has 0 heterocycles. The Morgan fingerprint density at radius 1 is 1.29 bits per heavy atom. The van der Waals surface area contributed by atoms with Gasteiger partial charge in [0.1, 0.15) is 6.10 Å². The van der Waals surface area contributed by atoms with Crippen molar-refractivity contribution in [1.29, 1.82) is 0 Å². The van der Waals surface area contributed by atoms with E-state index in [9.17, 15) is 4.79 Å². The molecule has 0 radical (unpaired) electrons. The molecule has 2 nitrogen and oxygen atoms in total. The van der Waals surface area contributed by atoms with Crippen LogP contribution >= 0.6 is 0 Å². The predicted molar refractivity (Wildman–Crippen MR) is 101 cm³/mol. The van der Waals surface area contributed by atoms with Crippen LogP contribution in [-0.4, -0.2) is 12.1 Å². The molecule has 6 atom stereocenters. The van der Waals surface area contributed by atoms with Crippen molar-refractivity contribution in [2.45, 2.75) is 73.3 Å². The van der Waals surface area contributed by atoms with E-state index in [1.54, 1.807) is 0 Å². The molecule has 0 N–H and O–H groups in total. The Kier molecular flexibility index (Phi) is 6.71. The van der Waals surface area contributed by atoms with Crippen LogP contribution in [0.5, 0.6) is 0 Å². The van der Waals surface area contributed by atoms with Crippen LogP contribution in [0.25, 0.3) is 0 Å². The number of ether oxygens (including phenoxy) is 1. The molecule has 24 heavy (non-hydrogen) atoms. The minimum Gasteiger partial charge on any atom is -0.461 e. The largest absolute Gasteiger partial charge is 0.461 e.